The molecule has 0 aliphatic heterocycles. The topological polar surface area (TPSA) is 98.7 Å². The monoisotopic (exact) mass is 245 g/mol. The smallest absolute Gasteiger partial charge is 0.315 e. The van der Waals surface area contributed by atoms with Crippen LogP contribution < -0.4 is 10.6 Å². The van der Waals surface area contributed by atoms with Crippen molar-refractivity contribution in [1.82, 2.24) is 15.5 Å². The van der Waals surface area contributed by atoms with Gasteiger partial charge in [-0.2, -0.15) is 0 Å². The van der Waals surface area contributed by atoms with Gasteiger partial charge in [0.1, 0.15) is 0 Å². The molecular weight excluding hydrogens is 226 g/mol. The van der Waals surface area contributed by atoms with Gasteiger partial charge in [0.25, 0.3) is 0 Å². The number of carbonyl (C=O) groups excluding carboxylic acids is 2. The van der Waals surface area contributed by atoms with E-state index >= 15 is 0 Å². The summed E-state index contributed by atoms with van der Waals surface area (Å²) in [5.41, 5.74) is 0. The second-order valence-corrected chi connectivity index (χ2v) is 3.73. The maximum absolute atomic E-state index is 11.3. The standard InChI is InChI=1S/C10H19N3O4/c1-4-13(3)8(14)6-11-10(17)12-7(2)5-9(15)16/h7H,4-6H2,1-3H3,(H,15,16)(H2,11,12,17). The molecule has 98 valence electrons. The Morgan fingerprint density at radius 3 is 2.41 bits per heavy atom. The first kappa shape index (κ1) is 15.2. The third-order valence-electron chi connectivity index (χ3n) is 2.16. The van der Waals surface area contributed by atoms with Crippen LogP contribution in [0, 0.1) is 0 Å². The van der Waals surface area contributed by atoms with Gasteiger partial charge < -0.3 is 20.6 Å². The Labute approximate surface area is 100 Å². The van der Waals surface area contributed by atoms with E-state index in [0.717, 1.165) is 0 Å². The van der Waals surface area contributed by atoms with E-state index in [1.165, 1.54) is 4.90 Å². The molecule has 0 spiro atoms. The fourth-order valence-electron chi connectivity index (χ4n) is 1.05. The minimum absolute atomic E-state index is 0.101. The van der Waals surface area contributed by atoms with Crippen molar-refractivity contribution in [1.29, 1.82) is 0 Å². The summed E-state index contributed by atoms with van der Waals surface area (Å²) >= 11 is 0. The van der Waals surface area contributed by atoms with Gasteiger partial charge in [0.15, 0.2) is 0 Å². The Bertz CT molecular complexity index is 293. The van der Waals surface area contributed by atoms with Crippen LogP contribution in [0.2, 0.25) is 0 Å². The molecule has 0 aromatic rings. The molecule has 0 rings (SSSR count). The van der Waals surface area contributed by atoms with Crippen LogP contribution in [0.3, 0.4) is 0 Å². The number of aliphatic carboxylic acids is 1. The van der Waals surface area contributed by atoms with Crippen LogP contribution in [0.15, 0.2) is 0 Å². The molecule has 17 heavy (non-hydrogen) atoms. The van der Waals surface area contributed by atoms with E-state index in [0.29, 0.717) is 6.54 Å². The van der Waals surface area contributed by atoms with Crippen molar-refractivity contribution in [3.63, 3.8) is 0 Å². The lowest BCUT2D eigenvalue weighted by Crippen LogP contribution is -2.45. The Hall–Kier alpha value is -1.79. The average molecular weight is 245 g/mol. The van der Waals surface area contributed by atoms with Crippen molar-refractivity contribution in [2.45, 2.75) is 26.3 Å². The third kappa shape index (κ3) is 7.15. The van der Waals surface area contributed by atoms with Crippen molar-refractivity contribution in [2.24, 2.45) is 0 Å². The van der Waals surface area contributed by atoms with Crippen LogP contribution >= 0.6 is 0 Å². The number of carbonyl (C=O) groups is 3. The zero-order valence-electron chi connectivity index (χ0n) is 10.3. The van der Waals surface area contributed by atoms with Gasteiger partial charge in [0.05, 0.1) is 13.0 Å². The highest BCUT2D eigenvalue weighted by Crippen LogP contribution is 1.89. The van der Waals surface area contributed by atoms with Gasteiger partial charge in [-0.1, -0.05) is 0 Å². The predicted octanol–water partition coefficient (Wildman–Crippen LogP) is -0.373. The van der Waals surface area contributed by atoms with E-state index < -0.39 is 18.0 Å². The van der Waals surface area contributed by atoms with Gasteiger partial charge in [0, 0.05) is 19.6 Å². The fourth-order valence-corrected chi connectivity index (χ4v) is 1.05. The largest absolute Gasteiger partial charge is 0.481 e. The minimum atomic E-state index is -0.986. The molecule has 7 heteroatoms. The highest BCUT2D eigenvalue weighted by Gasteiger charge is 2.12. The number of carboxylic acids is 1. The molecule has 0 heterocycles. The first-order valence-electron chi connectivity index (χ1n) is 5.37. The number of urea groups is 1. The van der Waals surface area contributed by atoms with Crippen LogP contribution in [-0.2, 0) is 9.59 Å². The Morgan fingerprint density at radius 2 is 1.94 bits per heavy atom. The number of nitrogens with zero attached hydrogens (tertiary/aromatic N) is 1. The Kier molecular flexibility index (Phi) is 6.69. The molecule has 1 unspecified atom stereocenters. The molecule has 0 saturated carbocycles. The lowest BCUT2D eigenvalue weighted by molar-refractivity contribution is -0.137. The highest BCUT2D eigenvalue weighted by atomic mass is 16.4. The SMILES string of the molecule is CCN(C)C(=O)CNC(=O)NC(C)CC(=O)O. The zero-order valence-corrected chi connectivity index (χ0v) is 10.3. The molecule has 0 bridgehead atoms. The first-order chi connectivity index (χ1) is 7.86. The summed E-state index contributed by atoms with van der Waals surface area (Å²) < 4.78 is 0. The van der Waals surface area contributed by atoms with Gasteiger partial charge in [-0.15, -0.1) is 0 Å². The van der Waals surface area contributed by atoms with Crippen LogP contribution in [0.25, 0.3) is 0 Å². The number of hydrogen-bond acceptors (Lipinski definition) is 3. The Morgan fingerprint density at radius 1 is 1.35 bits per heavy atom. The number of rotatable bonds is 6. The predicted molar refractivity (Wildman–Crippen MR) is 61.6 cm³/mol. The molecule has 0 fully saturated rings. The van der Waals surface area contributed by atoms with E-state index in [2.05, 4.69) is 10.6 Å². The minimum Gasteiger partial charge on any atom is -0.481 e. The normalized spacial score (nSPS) is 11.5. The average Bonchev–Trinajstić information content (AvgIpc) is 2.23. The van der Waals surface area contributed by atoms with Gasteiger partial charge >= 0.3 is 12.0 Å². The Balaban J connectivity index is 3.87. The van der Waals surface area contributed by atoms with E-state index in [1.807, 2.05) is 6.92 Å². The summed E-state index contributed by atoms with van der Waals surface area (Å²) in [7, 11) is 1.63. The van der Waals surface area contributed by atoms with Gasteiger partial charge in [0.2, 0.25) is 5.91 Å². The third-order valence-corrected chi connectivity index (χ3v) is 2.16. The van der Waals surface area contributed by atoms with Crippen molar-refractivity contribution >= 4 is 17.9 Å². The number of hydrogen-bond donors (Lipinski definition) is 3. The molecule has 0 saturated heterocycles. The summed E-state index contributed by atoms with van der Waals surface area (Å²) in [6.07, 6.45) is -0.157. The molecule has 3 N–H and O–H groups in total. The summed E-state index contributed by atoms with van der Waals surface area (Å²) in [4.78, 5) is 34.4. The summed E-state index contributed by atoms with van der Waals surface area (Å²) in [5.74, 6) is -1.19. The van der Waals surface area contributed by atoms with Crippen molar-refractivity contribution in [3.8, 4) is 0 Å². The van der Waals surface area contributed by atoms with E-state index in [-0.39, 0.29) is 18.9 Å². The maximum atomic E-state index is 11.3. The molecule has 0 aliphatic rings. The molecule has 0 aromatic carbocycles. The van der Waals surface area contributed by atoms with Gasteiger partial charge in [-0.25, -0.2) is 4.79 Å². The molecule has 0 aromatic heterocycles. The highest BCUT2D eigenvalue weighted by molar-refractivity contribution is 5.84. The van der Waals surface area contributed by atoms with E-state index in [4.69, 9.17) is 5.11 Å². The fraction of sp³-hybridized carbons (Fsp3) is 0.700. The van der Waals surface area contributed by atoms with Crippen molar-refractivity contribution in [2.75, 3.05) is 20.1 Å². The number of likely N-dealkylation sites (N-methyl/N-ethyl adjacent to an activating group) is 1. The number of nitrogens with one attached hydrogen (secondary N) is 2. The van der Waals surface area contributed by atoms with Crippen LogP contribution in [0.1, 0.15) is 20.3 Å². The molecular formula is C10H19N3O4. The lowest BCUT2D eigenvalue weighted by atomic mass is 10.2. The molecule has 0 radical (unpaired) electrons. The number of amides is 3. The summed E-state index contributed by atoms with van der Waals surface area (Å²) in [5, 5.41) is 13.3. The quantitative estimate of drug-likeness (QED) is 0.594. The maximum Gasteiger partial charge on any atom is 0.315 e. The van der Waals surface area contributed by atoms with Gasteiger partial charge in [-0.3, -0.25) is 9.59 Å². The lowest BCUT2D eigenvalue weighted by Gasteiger charge is -2.16. The van der Waals surface area contributed by atoms with Crippen LogP contribution in [0.5, 0.6) is 0 Å². The zero-order chi connectivity index (χ0) is 13.4. The molecule has 7 nitrogen and oxygen atoms in total. The molecule has 1 atom stereocenters. The van der Waals surface area contributed by atoms with Crippen LogP contribution in [0.4, 0.5) is 4.79 Å². The second-order valence-electron chi connectivity index (χ2n) is 3.73. The molecule has 3 amide bonds. The second kappa shape index (κ2) is 7.48. The summed E-state index contributed by atoms with van der Waals surface area (Å²) in [6.45, 7) is 3.87. The van der Waals surface area contributed by atoms with Gasteiger partial charge in [-0.05, 0) is 13.8 Å². The van der Waals surface area contributed by atoms with Crippen molar-refractivity contribution in [3.05, 3.63) is 0 Å². The van der Waals surface area contributed by atoms with E-state index in [1.54, 1.807) is 14.0 Å². The molecule has 0 aliphatic carbocycles. The summed E-state index contributed by atoms with van der Waals surface area (Å²) in [6, 6.07) is -1.02. The van der Waals surface area contributed by atoms with E-state index in [9.17, 15) is 14.4 Å². The van der Waals surface area contributed by atoms with Crippen LogP contribution in [-0.4, -0.2) is 54.1 Å². The van der Waals surface area contributed by atoms with Crippen molar-refractivity contribution < 1.29 is 19.5 Å². The number of carboxylic acid groups (broad SMARTS) is 1. The first-order valence-corrected chi connectivity index (χ1v) is 5.37.